The third-order valence-electron chi connectivity index (χ3n) is 4.37. The number of carbonyl (C=O) groups is 1. The lowest BCUT2D eigenvalue weighted by Gasteiger charge is -2.29. The summed E-state index contributed by atoms with van der Waals surface area (Å²) < 4.78 is 0. The van der Waals surface area contributed by atoms with E-state index in [0.29, 0.717) is 0 Å². The molecule has 22 heavy (non-hydrogen) atoms. The van der Waals surface area contributed by atoms with Crippen LogP contribution in [0, 0.1) is 5.92 Å². The number of amides is 1. The number of rotatable bonds is 3. The Bertz CT molecular complexity index is 639. The summed E-state index contributed by atoms with van der Waals surface area (Å²) in [6.45, 7) is 3.10. The van der Waals surface area contributed by atoms with Crippen LogP contribution in [-0.2, 0) is 4.79 Å². The first-order chi connectivity index (χ1) is 10.8. The average Bonchev–Trinajstić information content (AvgIpc) is 2.56. The van der Waals surface area contributed by atoms with Crippen LogP contribution in [0.1, 0.15) is 19.8 Å². The molecule has 1 aliphatic rings. The third kappa shape index (κ3) is 3.20. The van der Waals surface area contributed by atoms with Crippen LogP contribution in [0.25, 0.3) is 11.1 Å². The van der Waals surface area contributed by atoms with Crippen LogP contribution in [0.3, 0.4) is 0 Å². The van der Waals surface area contributed by atoms with E-state index >= 15 is 0 Å². The summed E-state index contributed by atoms with van der Waals surface area (Å²) in [6, 6.07) is 18.4. The van der Waals surface area contributed by atoms with Gasteiger partial charge in [0.05, 0.1) is 5.92 Å². The fraction of sp³-hybridized carbons (Fsp3) is 0.316. The van der Waals surface area contributed by atoms with E-state index in [1.807, 2.05) is 42.5 Å². The average molecular weight is 294 g/mol. The zero-order valence-corrected chi connectivity index (χ0v) is 12.9. The van der Waals surface area contributed by atoms with Crippen LogP contribution < -0.4 is 10.6 Å². The van der Waals surface area contributed by atoms with Crippen molar-refractivity contribution >= 4 is 11.6 Å². The molecule has 1 fully saturated rings. The predicted octanol–water partition coefficient (Wildman–Crippen LogP) is 3.68. The van der Waals surface area contributed by atoms with E-state index in [4.69, 9.17) is 0 Å². The van der Waals surface area contributed by atoms with Gasteiger partial charge < -0.3 is 10.6 Å². The second-order valence-electron chi connectivity index (χ2n) is 5.89. The predicted molar refractivity (Wildman–Crippen MR) is 90.7 cm³/mol. The summed E-state index contributed by atoms with van der Waals surface area (Å²) in [5.41, 5.74) is 3.07. The Hall–Kier alpha value is -2.13. The summed E-state index contributed by atoms with van der Waals surface area (Å²) >= 11 is 0. The molecule has 1 heterocycles. The number of nitrogens with one attached hydrogen (secondary N) is 2. The minimum absolute atomic E-state index is 0.0394. The molecule has 0 spiro atoms. The first-order valence-corrected chi connectivity index (χ1v) is 7.94. The fourth-order valence-electron chi connectivity index (χ4n) is 3.09. The highest BCUT2D eigenvalue weighted by molar-refractivity contribution is 5.97. The molecule has 3 heteroatoms. The van der Waals surface area contributed by atoms with Crippen molar-refractivity contribution in [3.05, 3.63) is 54.6 Å². The van der Waals surface area contributed by atoms with E-state index in [2.05, 4.69) is 29.7 Å². The highest BCUT2D eigenvalue weighted by atomic mass is 16.1. The quantitative estimate of drug-likeness (QED) is 0.906. The number of hydrogen-bond donors (Lipinski definition) is 2. The van der Waals surface area contributed by atoms with Crippen molar-refractivity contribution in [3.63, 3.8) is 0 Å². The van der Waals surface area contributed by atoms with Crippen LogP contribution in [0.4, 0.5) is 5.69 Å². The first kappa shape index (κ1) is 14.8. The highest BCUT2D eigenvalue weighted by Crippen LogP contribution is 2.28. The second-order valence-corrected chi connectivity index (χ2v) is 5.89. The molecule has 0 bridgehead atoms. The van der Waals surface area contributed by atoms with Crippen molar-refractivity contribution < 1.29 is 4.79 Å². The van der Waals surface area contributed by atoms with Gasteiger partial charge in [-0.2, -0.15) is 0 Å². The summed E-state index contributed by atoms with van der Waals surface area (Å²) in [5.74, 6) is 0.153. The van der Waals surface area contributed by atoms with Gasteiger partial charge in [0.25, 0.3) is 0 Å². The molecule has 0 aromatic heterocycles. The summed E-state index contributed by atoms with van der Waals surface area (Å²) in [6.07, 6.45) is 2.01. The largest absolute Gasteiger partial charge is 0.325 e. The normalized spacial score (nSPS) is 21.3. The Morgan fingerprint density at radius 2 is 1.82 bits per heavy atom. The molecule has 2 N–H and O–H groups in total. The van der Waals surface area contributed by atoms with Gasteiger partial charge in [-0.25, -0.2) is 0 Å². The zero-order chi connectivity index (χ0) is 15.4. The van der Waals surface area contributed by atoms with Crippen molar-refractivity contribution in [2.75, 3.05) is 11.9 Å². The number of benzene rings is 2. The molecule has 1 saturated heterocycles. The van der Waals surface area contributed by atoms with Crippen molar-refractivity contribution in [2.45, 2.75) is 25.8 Å². The van der Waals surface area contributed by atoms with Crippen molar-refractivity contribution in [1.82, 2.24) is 5.32 Å². The minimum atomic E-state index is 0.0394. The molecule has 2 unspecified atom stereocenters. The van der Waals surface area contributed by atoms with Crippen LogP contribution in [-0.4, -0.2) is 18.5 Å². The van der Waals surface area contributed by atoms with E-state index < -0.39 is 0 Å². The number of carbonyl (C=O) groups excluding carboxylic acids is 1. The maximum atomic E-state index is 12.6. The van der Waals surface area contributed by atoms with E-state index in [0.717, 1.165) is 36.2 Å². The molecule has 0 aliphatic carbocycles. The van der Waals surface area contributed by atoms with E-state index in [1.165, 1.54) is 0 Å². The third-order valence-corrected chi connectivity index (χ3v) is 4.37. The van der Waals surface area contributed by atoms with Gasteiger partial charge in [0, 0.05) is 17.3 Å². The van der Waals surface area contributed by atoms with Gasteiger partial charge in [-0.1, -0.05) is 48.5 Å². The standard InChI is InChI=1S/C19H22N2O/c1-14-16(11-7-13-20-14)19(22)21-18-12-6-5-10-17(18)15-8-3-2-4-9-15/h2-6,8-10,12,14,16,20H,7,11,13H2,1H3,(H,21,22). The fourth-order valence-corrected chi connectivity index (χ4v) is 3.09. The Labute approximate surface area is 131 Å². The van der Waals surface area contributed by atoms with E-state index in [-0.39, 0.29) is 17.9 Å². The van der Waals surface area contributed by atoms with E-state index in [9.17, 15) is 4.79 Å². The van der Waals surface area contributed by atoms with Crippen LogP contribution in [0.2, 0.25) is 0 Å². The zero-order valence-electron chi connectivity index (χ0n) is 12.9. The highest BCUT2D eigenvalue weighted by Gasteiger charge is 2.27. The van der Waals surface area contributed by atoms with Crippen LogP contribution in [0.15, 0.2) is 54.6 Å². The summed E-state index contributed by atoms with van der Waals surface area (Å²) in [4.78, 5) is 12.6. The Morgan fingerprint density at radius 1 is 1.09 bits per heavy atom. The van der Waals surface area contributed by atoms with Gasteiger partial charge in [0.15, 0.2) is 0 Å². The number of hydrogen-bond acceptors (Lipinski definition) is 2. The van der Waals surface area contributed by atoms with E-state index in [1.54, 1.807) is 0 Å². The second kappa shape index (κ2) is 6.75. The SMILES string of the molecule is CC1NCCCC1C(=O)Nc1ccccc1-c1ccccc1. The lowest BCUT2D eigenvalue weighted by molar-refractivity contribution is -0.121. The lowest BCUT2D eigenvalue weighted by Crippen LogP contribution is -2.44. The van der Waals surface area contributed by atoms with Gasteiger partial charge >= 0.3 is 0 Å². The van der Waals surface area contributed by atoms with Crippen molar-refractivity contribution in [2.24, 2.45) is 5.92 Å². The molecule has 114 valence electrons. The lowest BCUT2D eigenvalue weighted by atomic mass is 9.91. The molecule has 1 aliphatic heterocycles. The maximum absolute atomic E-state index is 12.6. The number of para-hydroxylation sites is 1. The molecule has 2 atom stereocenters. The van der Waals surface area contributed by atoms with Crippen molar-refractivity contribution in [3.8, 4) is 11.1 Å². The molecule has 2 aromatic carbocycles. The monoisotopic (exact) mass is 294 g/mol. The summed E-state index contributed by atoms with van der Waals surface area (Å²) in [7, 11) is 0. The topological polar surface area (TPSA) is 41.1 Å². The van der Waals surface area contributed by atoms with Crippen LogP contribution in [0.5, 0.6) is 0 Å². The molecule has 2 aromatic rings. The Morgan fingerprint density at radius 3 is 2.59 bits per heavy atom. The number of piperidine rings is 1. The first-order valence-electron chi connectivity index (χ1n) is 7.94. The Balaban J connectivity index is 1.82. The van der Waals surface area contributed by atoms with Gasteiger partial charge in [0.1, 0.15) is 0 Å². The molecule has 3 nitrogen and oxygen atoms in total. The molecule has 1 amide bonds. The van der Waals surface area contributed by atoms with Gasteiger partial charge in [0.2, 0.25) is 5.91 Å². The van der Waals surface area contributed by atoms with Gasteiger partial charge in [-0.05, 0) is 37.9 Å². The van der Waals surface area contributed by atoms with Crippen LogP contribution >= 0.6 is 0 Å². The molecular weight excluding hydrogens is 272 g/mol. The minimum Gasteiger partial charge on any atom is -0.325 e. The van der Waals surface area contributed by atoms with Gasteiger partial charge in [-0.15, -0.1) is 0 Å². The molecule has 3 rings (SSSR count). The Kier molecular flexibility index (Phi) is 4.54. The smallest absolute Gasteiger partial charge is 0.229 e. The van der Waals surface area contributed by atoms with Crippen molar-refractivity contribution in [1.29, 1.82) is 0 Å². The number of anilines is 1. The van der Waals surface area contributed by atoms with Gasteiger partial charge in [-0.3, -0.25) is 4.79 Å². The molecule has 0 saturated carbocycles. The maximum Gasteiger partial charge on any atom is 0.229 e. The molecular formula is C19H22N2O. The summed E-state index contributed by atoms with van der Waals surface area (Å²) in [5, 5.41) is 6.51. The molecule has 0 radical (unpaired) electrons.